The number of nitrogens with one attached hydrogen (secondary N) is 1. The maximum atomic E-state index is 6.03. The Hall–Kier alpha value is -1.02. The minimum absolute atomic E-state index is 0.257. The molecule has 2 atom stereocenters. The minimum Gasteiger partial charge on any atom is -0.490 e. The molecule has 0 amide bonds. The van der Waals surface area contributed by atoms with Crippen LogP contribution in [0.25, 0.3) is 0 Å². The van der Waals surface area contributed by atoms with Crippen molar-refractivity contribution < 1.29 is 4.74 Å². The normalized spacial score (nSPS) is 14.4. The quantitative estimate of drug-likeness (QED) is 0.780. The van der Waals surface area contributed by atoms with E-state index in [1.165, 1.54) is 5.56 Å². The summed E-state index contributed by atoms with van der Waals surface area (Å²) in [6.45, 7) is 7.59. The zero-order valence-electron chi connectivity index (χ0n) is 11.5. The van der Waals surface area contributed by atoms with E-state index in [1.54, 1.807) is 0 Å². The fraction of sp³-hybridized carbons (Fsp3) is 0.600. The Morgan fingerprint density at radius 2 is 1.94 bits per heavy atom. The molecule has 0 aliphatic heterocycles. The molecule has 2 nitrogen and oxygen atoms in total. The largest absolute Gasteiger partial charge is 0.490 e. The molecule has 0 bridgehead atoms. The summed E-state index contributed by atoms with van der Waals surface area (Å²) in [6, 6.07) is 8.39. The second-order valence-corrected chi connectivity index (χ2v) is 4.67. The van der Waals surface area contributed by atoms with E-state index < -0.39 is 0 Å². The first-order valence-corrected chi connectivity index (χ1v) is 6.59. The first kappa shape index (κ1) is 14.0. The van der Waals surface area contributed by atoms with Gasteiger partial charge in [-0.15, -0.1) is 0 Å². The zero-order valence-corrected chi connectivity index (χ0v) is 11.5. The predicted molar refractivity (Wildman–Crippen MR) is 73.8 cm³/mol. The molecule has 0 aliphatic carbocycles. The van der Waals surface area contributed by atoms with Crippen LogP contribution in [0.3, 0.4) is 0 Å². The van der Waals surface area contributed by atoms with Crippen molar-refractivity contribution in [2.75, 3.05) is 13.6 Å². The van der Waals surface area contributed by atoms with E-state index in [-0.39, 0.29) is 6.10 Å². The smallest absolute Gasteiger partial charge is 0.123 e. The first-order chi connectivity index (χ1) is 8.19. The molecule has 1 rings (SSSR count). The monoisotopic (exact) mass is 235 g/mol. The van der Waals surface area contributed by atoms with Gasteiger partial charge in [-0.25, -0.2) is 0 Å². The highest BCUT2D eigenvalue weighted by molar-refractivity contribution is 5.36. The minimum atomic E-state index is 0.257. The van der Waals surface area contributed by atoms with Gasteiger partial charge in [0.25, 0.3) is 0 Å². The number of ether oxygens (including phenoxy) is 1. The maximum Gasteiger partial charge on any atom is 0.123 e. The Kier molecular flexibility index (Phi) is 6.06. The number of para-hydroxylation sites is 1. The van der Waals surface area contributed by atoms with Crippen molar-refractivity contribution in [2.45, 2.75) is 45.6 Å². The molecule has 2 unspecified atom stereocenters. The van der Waals surface area contributed by atoms with Gasteiger partial charge in [0.2, 0.25) is 0 Å². The molecule has 0 saturated heterocycles. The first-order valence-electron chi connectivity index (χ1n) is 6.59. The molecule has 17 heavy (non-hydrogen) atoms. The molecule has 96 valence electrons. The number of benzene rings is 1. The lowest BCUT2D eigenvalue weighted by Gasteiger charge is -2.19. The average Bonchev–Trinajstić information content (AvgIpc) is 2.36. The molecular weight excluding hydrogens is 210 g/mol. The van der Waals surface area contributed by atoms with Gasteiger partial charge in [0.15, 0.2) is 0 Å². The summed E-state index contributed by atoms with van der Waals surface area (Å²) in [4.78, 5) is 0. The molecule has 0 spiro atoms. The van der Waals surface area contributed by atoms with Gasteiger partial charge in [-0.3, -0.25) is 0 Å². The van der Waals surface area contributed by atoms with Crippen LogP contribution < -0.4 is 10.1 Å². The van der Waals surface area contributed by atoms with E-state index in [0.29, 0.717) is 5.92 Å². The molecule has 0 heterocycles. The van der Waals surface area contributed by atoms with E-state index in [9.17, 15) is 0 Å². The molecule has 0 aliphatic rings. The highest BCUT2D eigenvalue weighted by atomic mass is 16.5. The summed E-state index contributed by atoms with van der Waals surface area (Å²) >= 11 is 0. The van der Waals surface area contributed by atoms with Gasteiger partial charge in [0.1, 0.15) is 5.75 Å². The molecule has 0 saturated carbocycles. The second kappa shape index (κ2) is 7.33. The maximum absolute atomic E-state index is 6.03. The number of hydrogen-bond donors (Lipinski definition) is 1. The van der Waals surface area contributed by atoms with E-state index in [1.807, 2.05) is 13.1 Å². The van der Waals surface area contributed by atoms with E-state index >= 15 is 0 Å². The van der Waals surface area contributed by atoms with Crippen LogP contribution in [0.4, 0.5) is 0 Å². The van der Waals surface area contributed by atoms with Crippen LogP contribution in [0.2, 0.25) is 0 Å². The summed E-state index contributed by atoms with van der Waals surface area (Å²) in [5, 5.41) is 3.15. The van der Waals surface area contributed by atoms with Gasteiger partial charge >= 0.3 is 0 Å². The Balaban J connectivity index is 2.69. The van der Waals surface area contributed by atoms with Crippen LogP contribution in [0, 0.1) is 0 Å². The van der Waals surface area contributed by atoms with Crippen molar-refractivity contribution in [3.8, 4) is 5.75 Å². The number of hydrogen-bond acceptors (Lipinski definition) is 2. The summed E-state index contributed by atoms with van der Waals surface area (Å²) in [7, 11) is 1.97. The molecular formula is C15H25NO. The van der Waals surface area contributed by atoms with E-state index in [4.69, 9.17) is 4.74 Å². The van der Waals surface area contributed by atoms with Crippen molar-refractivity contribution in [1.82, 2.24) is 5.32 Å². The van der Waals surface area contributed by atoms with E-state index in [2.05, 4.69) is 44.3 Å². The van der Waals surface area contributed by atoms with Crippen LogP contribution in [-0.4, -0.2) is 19.7 Å². The third-order valence-corrected chi connectivity index (χ3v) is 3.19. The van der Waals surface area contributed by atoms with Crippen LogP contribution in [-0.2, 0) is 0 Å². The van der Waals surface area contributed by atoms with Gasteiger partial charge in [-0.05, 0) is 50.9 Å². The molecule has 1 N–H and O–H groups in total. The lowest BCUT2D eigenvalue weighted by atomic mass is 9.98. The third-order valence-electron chi connectivity index (χ3n) is 3.19. The van der Waals surface area contributed by atoms with Gasteiger partial charge in [-0.1, -0.05) is 32.0 Å². The standard InChI is InChI=1S/C15H25NO/c1-5-12(2)14-8-6-7-9-15(14)17-13(3)10-11-16-4/h6-9,12-13,16H,5,10-11H2,1-4H3. The molecule has 0 fully saturated rings. The van der Waals surface area contributed by atoms with Crippen LogP contribution in [0.5, 0.6) is 5.75 Å². The Bertz CT molecular complexity index is 324. The fourth-order valence-electron chi connectivity index (χ4n) is 1.84. The summed E-state index contributed by atoms with van der Waals surface area (Å²) in [5.41, 5.74) is 1.33. The van der Waals surface area contributed by atoms with Crippen LogP contribution >= 0.6 is 0 Å². The molecule has 1 aromatic rings. The van der Waals surface area contributed by atoms with Crippen molar-refractivity contribution in [3.63, 3.8) is 0 Å². The van der Waals surface area contributed by atoms with Gasteiger partial charge in [-0.2, -0.15) is 0 Å². The lowest BCUT2D eigenvalue weighted by Crippen LogP contribution is -2.20. The van der Waals surface area contributed by atoms with Crippen LogP contribution in [0.1, 0.15) is 45.1 Å². The molecule has 1 aromatic carbocycles. The third kappa shape index (κ3) is 4.39. The SMILES string of the molecule is CCC(C)c1ccccc1OC(C)CCNC. The molecule has 0 radical (unpaired) electrons. The Morgan fingerprint density at radius 3 is 2.59 bits per heavy atom. The topological polar surface area (TPSA) is 21.3 Å². The average molecular weight is 235 g/mol. The van der Waals surface area contributed by atoms with Crippen LogP contribution in [0.15, 0.2) is 24.3 Å². The summed E-state index contributed by atoms with van der Waals surface area (Å²) < 4.78 is 6.03. The molecule has 2 heteroatoms. The van der Waals surface area contributed by atoms with Crippen molar-refractivity contribution in [2.24, 2.45) is 0 Å². The molecule has 0 aromatic heterocycles. The Morgan fingerprint density at radius 1 is 1.24 bits per heavy atom. The van der Waals surface area contributed by atoms with E-state index in [0.717, 1.165) is 25.1 Å². The van der Waals surface area contributed by atoms with Gasteiger partial charge < -0.3 is 10.1 Å². The highest BCUT2D eigenvalue weighted by Gasteiger charge is 2.11. The number of rotatable bonds is 7. The summed E-state index contributed by atoms with van der Waals surface area (Å²) in [5.74, 6) is 1.60. The van der Waals surface area contributed by atoms with Gasteiger partial charge in [0.05, 0.1) is 6.10 Å². The second-order valence-electron chi connectivity index (χ2n) is 4.67. The highest BCUT2D eigenvalue weighted by Crippen LogP contribution is 2.29. The summed E-state index contributed by atoms with van der Waals surface area (Å²) in [6.07, 6.45) is 2.43. The zero-order chi connectivity index (χ0) is 12.7. The van der Waals surface area contributed by atoms with Crippen molar-refractivity contribution in [1.29, 1.82) is 0 Å². The van der Waals surface area contributed by atoms with Crippen molar-refractivity contribution >= 4 is 0 Å². The fourth-order valence-corrected chi connectivity index (χ4v) is 1.84. The van der Waals surface area contributed by atoms with Gasteiger partial charge in [0, 0.05) is 0 Å². The predicted octanol–water partition coefficient (Wildman–Crippen LogP) is 3.58. The van der Waals surface area contributed by atoms with Crippen molar-refractivity contribution in [3.05, 3.63) is 29.8 Å². The lowest BCUT2D eigenvalue weighted by molar-refractivity contribution is 0.208. The Labute approximate surface area is 105 Å².